The van der Waals surface area contributed by atoms with E-state index in [-0.39, 0.29) is 22.1 Å². The summed E-state index contributed by atoms with van der Waals surface area (Å²) < 4.78 is 45.5. The predicted octanol–water partition coefficient (Wildman–Crippen LogP) is 4.74. The van der Waals surface area contributed by atoms with E-state index in [2.05, 4.69) is 24.8 Å². The smallest absolute Gasteiger partial charge is 0.318 e. The van der Waals surface area contributed by atoms with Crippen LogP contribution in [0.1, 0.15) is 44.9 Å². The zero-order valence-electron chi connectivity index (χ0n) is 18.7. The van der Waals surface area contributed by atoms with Gasteiger partial charge < -0.3 is 9.64 Å². The molecule has 0 bridgehead atoms. The van der Waals surface area contributed by atoms with Crippen molar-refractivity contribution in [3.63, 3.8) is 0 Å². The average Bonchev–Trinajstić information content (AvgIpc) is 3.36. The summed E-state index contributed by atoms with van der Waals surface area (Å²) in [6, 6.07) is 0.690. The molecule has 2 aromatic heterocycles. The van der Waals surface area contributed by atoms with Crippen LogP contribution in [0.2, 0.25) is 5.15 Å². The van der Waals surface area contributed by atoms with Gasteiger partial charge in [-0.3, -0.25) is 4.90 Å². The molecule has 0 radical (unpaired) electrons. The van der Waals surface area contributed by atoms with Crippen molar-refractivity contribution in [1.29, 1.82) is 0 Å². The van der Waals surface area contributed by atoms with Crippen molar-refractivity contribution in [2.45, 2.75) is 63.3 Å². The number of alkyl halides is 2. The minimum Gasteiger partial charge on any atom is -0.467 e. The fraction of sp³-hybridized carbons (Fsp3) is 0.696. The number of rotatable bonds is 2. The van der Waals surface area contributed by atoms with Crippen LogP contribution in [0.3, 0.4) is 0 Å². The van der Waals surface area contributed by atoms with E-state index < -0.39 is 18.2 Å². The van der Waals surface area contributed by atoms with Crippen molar-refractivity contribution in [3.8, 4) is 6.01 Å². The summed E-state index contributed by atoms with van der Waals surface area (Å²) in [5, 5.41) is 0.259. The molecule has 10 heteroatoms. The van der Waals surface area contributed by atoms with Gasteiger partial charge in [0.15, 0.2) is 11.0 Å². The Labute approximate surface area is 196 Å². The molecule has 3 aliphatic heterocycles. The maximum atomic E-state index is 14.3. The highest BCUT2D eigenvalue weighted by molar-refractivity contribution is 6.30. The number of aromatic nitrogens is 3. The van der Waals surface area contributed by atoms with Crippen LogP contribution in [0, 0.1) is 11.2 Å². The Balaban J connectivity index is 0.000000211. The average molecular weight is 484 g/mol. The molecule has 0 amide bonds. The molecule has 2 atom stereocenters. The minimum absolute atomic E-state index is 0.000569. The summed E-state index contributed by atoms with van der Waals surface area (Å²) in [4.78, 5) is 16.7. The first-order chi connectivity index (χ1) is 15.9. The van der Waals surface area contributed by atoms with E-state index in [4.69, 9.17) is 16.3 Å². The van der Waals surface area contributed by atoms with Crippen LogP contribution in [0.15, 0.2) is 6.20 Å². The Hall–Kier alpha value is -1.87. The lowest BCUT2D eigenvalue weighted by Crippen LogP contribution is -2.51. The number of ether oxygens (including phenoxy) is 1. The molecule has 0 N–H and O–H groups in total. The molecule has 4 aliphatic rings. The number of hydrogen-bond donors (Lipinski definition) is 0. The summed E-state index contributed by atoms with van der Waals surface area (Å²) in [6.07, 6.45) is 6.72. The Morgan fingerprint density at radius 3 is 2.70 bits per heavy atom. The van der Waals surface area contributed by atoms with Crippen molar-refractivity contribution in [2.24, 2.45) is 5.41 Å². The van der Waals surface area contributed by atoms with E-state index in [0.29, 0.717) is 43.2 Å². The van der Waals surface area contributed by atoms with E-state index in [1.807, 2.05) is 0 Å². The van der Waals surface area contributed by atoms with Crippen molar-refractivity contribution in [3.05, 3.63) is 17.2 Å². The summed E-state index contributed by atoms with van der Waals surface area (Å²) >= 11 is 5.77. The van der Waals surface area contributed by atoms with Gasteiger partial charge in [-0.25, -0.2) is 18.2 Å². The predicted molar refractivity (Wildman–Crippen MR) is 121 cm³/mol. The minimum atomic E-state index is -0.709. The zero-order valence-corrected chi connectivity index (χ0v) is 19.5. The molecule has 3 saturated heterocycles. The number of nitrogens with zero attached hydrogens (tertiary/aromatic N) is 5. The monoisotopic (exact) mass is 483 g/mol. The second-order valence-electron chi connectivity index (χ2n) is 9.81. The van der Waals surface area contributed by atoms with Gasteiger partial charge in [-0.1, -0.05) is 11.6 Å². The van der Waals surface area contributed by atoms with Crippen molar-refractivity contribution >= 4 is 28.3 Å². The van der Waals surface area contributed by atoms with E-state index in [1.54, 1.807) is 0 Å². The third-order valence-electron chi connectivity index (χ3n) is 7.51. The highest BCUT2D eigenvalue weighted by Crippen LogP contribution is 2.50. The number of hydrogen-bond acceptors (Lipinski definition) is 6. The Morgan fingerprint density at radius 1 is 1.15 bits per heavy atom. The molecule has 0 aromatic carbocycles. The largest absolute Gasteiger partial charge is 0.467 e. The fourth-order valence-electron chi connectivity index (χ4n) is 5.96. The number of piperidine rings is 1. The summed E-state index contributed by atoms with van der Waals surface area (Å²) in [7, 11) is 1.43. The van der Waals surface area contributed by atoms with Crippen molar-refractivity contribution in [1.82, 2.24) is 19.9 Å². The number of methoxy groups -OCH3 is 1. The van der Waals surface area contributed by atoms with Gasteiger partial charge in [0.05, 0.1) is 12.5 Å². The van der Waals surface area contributed by atoms with Crippen LogP contribution in [0.5, 0.6) is 6.01 Å². The summed E-state index contributed by atoms with van der Waals surface area (Å²) in [5.74, 6) is -0.114. The van der Waals surface area contributed by atoms with Gasteiger partial charge >= 0.3 is 6.01 Å². The molecule has 4 fully saturated rings. The van der Waals surface area contributed by atoms with Crippen LogP contribution in [0.4, 0.5) is 19.0 Å². The fourth-order valence-corrected chi connectivity index (χ4v) is 6.10. The van der Waals surface area contributed by atoms with Gasteiger partial charge in [-0.05, 0) is 56.9 Å². The molecule has 1 aliphatic carbocycles. The van der Waals surface area contributed by atoms with E-state index >= 15 is 0 Å². The third-order valence-corrected chi connectivity index (χ3v) is 7.78. The molecule has 1 spiro atoms. The molecule has 33 heavy (non-hydrogen) atoms. The lowest BCUT2D eigenvalue weighted by Gasteiger charge is -2.50. The standard InChI is InChI=1S/C16H17ClF2N4O.C7H12FN/c1-24-15-21-12-10(7-20-13(17)11(12)19)14(22-15)23-4-2-3-16(8-23)5-9(18)6-16;8-6-4-7-2-1-3-9(7)5-6/h7,9H,2-6,8H2,1H3;6-7H,1-5H2. The first-order valence-corrected chi connectivity index (χ1v) is 12.1. The molecule has 5 heterocycles. The van der Waals surface area contributed by atoms with Gasteiger partial charge in [0.25, 0.3) is 0 Å². The molecule has 6 rings (SSSR count). The zero-order chi connectivity index (χ0) is 23.2. The van der Waals surface area contributed by atoms with E-state index in [0.717, 1.165) is 32.4 Å². The van der Waals surface area contributed by atoms with Gasteiger partial charge in [0.1, 0.15) is 23.7 Å². The molecule has 180 valence electrons. The van der Waals surface area contributed by atoms with Gasteiger partial charge in [0, 0.05) is 31.9 Å². The molecule has 1 saturated carbocycles. The van der Waals surface area contributed by atoms with E-state index in [9.17, 15) is 13.2 Å². The van der Waals surface area contributed by atoms with Crippen LogP contribution in [-0.2, 0) is 0 Å². The Morgan fingerprint density at radius 2 is 1.97 bits per heavy atom. The summed E-state index contributed by atoms with van der Waals surface area (Å²) in [5.41, 5.74) is 0.0917. The molecular formula is C23H29ClF3N5O. The highest BCUT2D eigenvalue weighted by Gasteiger charge is 2.47. The normalized spacial score (nSPS) is 31.3. The SMILES string of the molecule is COc1nc(N2CCCC3(CC(F)C3)C2)c2cnc(Cl)c(F)c2n1.FC1CC2CCCN2C1. The highest BCUT2D eigenvalue weighted by atomic mass is 35.5. The second-order valence-corrected chi connectivity index (χ2v) is 10.2. The molecule has 2 aromatic rings. The number of anilines is 1. The topological polar surface area (TPSA) is 54.4 Å². The number of pyridine rings is 1. The van der Waals surface area contributed by atoms with Crippen LogP contribution in [-0.4, -0.2) is 71.5 Å². The van der Waals surface area contributed by atoms with Gasteiger partial charge in [0.2, 0.25) is 0 Å². The first-order valence-electron chi connectivity index (χ1n) is 11.7. The maximum Gasteiger partial charge on any atom is 0.318 e. The molecule has 6 nitrogen and oxygen atoms in total. The van der Waals surface area contributed by atoms with Crippen LogP contribution in [0.25, 0.3) is 10.9 Å². The van der Waals surface area contributed by atoms with Gasteiger partial charge in [-0.2, -0.15) is 9.97 Å². The Kier molecular flexibility index (Phi) is 6.29. The van der Waals surface area contributed by atoms with E-state index in [1.165, 1.54) is 26.1 Å². The molecule has 2 unspecified atom stereocenters. The molecular weight excluding hydrogens is 455 g/mol. The van der Waals surface area contributed by atoms with Gasteiger partial charge in [-0.15, -0.1) is 0 Å². The van der Waals surface area contributed by atoms with Crippen LogP contribution < -0.4 is 9.64 Å². The maximum absolute atomic E-state index is 14.3. The van der Waals surface area contributed by atoms with Crippen molar-refractivity contribution in [2.75, 3.05) is 38.2 Å². The lowest BCUT2D eigenvalue weighted by molar-refractivity contribution is 0.0132. The van der Waals surface area contributed by atoms with Crippen molar-refractivity contribution < 1.29 is 17.9 Å². The summed E-state index contributed by atoms with van der Waals surface area (Å²) in [6.45, 7) is 3.33. The third kappa shape index (κ3) is 4.46. The quantitative estimate of drug-likeness (QED) is 0.575. The number of fused-ring (bicyclic) bond motifs is 2. The Bertz CT molecular complexity index is 1000. The second kappa shape index (κ2) is 9.06. The van der Waals surface area contributed by atoms with Crippen LogP contribution >= 0.6 is 11.6 Å². The first kappa shape index (κ1) is 22.9. The lowest BCUT2D eigenvalue weighted by atomic mass is 9.63. The number of halogens is 4.